The molecule has 0 atom stereocenters. The second-order valence-corrected chi connectivity index (χ2v) is 5.29. The van der Waals surface area contributed by atoms with E-state index in [0.29, 0.717) is 15.5 Å². The van der Waals surface area contributed by atoms with Crippen molar-refractivity contribution in [3.05, 3.63) is 58.6 Å². The zero-order valence-corrected chi connectivity index (χ0v) is 12.4. The average Bonchev–Trinajstić information content (AvgIpc) is 2.40. The van der Waals surface area contributed by atoms with E-state index >= 15 is 0 Å². The van der Waals surface area contributed by atoms with E-state index in [1.807, 2.05) is 31.2 Å². The van der Waals surface area contributed by atoms with Crippen LogP contribution in [0.3, 0.4) is 0 Å². The second kappa shape index (κ2) is 5.68. The quantitative estimate of drug-likeness (QED) is 0.822. The molecule has 0 saturated heterocycles. The fourth-order valence-corrected chi connectivity index (χ4v) is 2.21. The van der Waals surface area contributed by atoms with Crippen LogP contribution in [0.15, 0.2) is 47.4 Å². The van der Waals surface area contributed by atoms with Gasteiger partial charge in [-0.15, -0.1) is 12.6 Å². The number of hydrogen-bond acceptors (Lipinski definition) is 2. The molecule has 0 spiro atoms. The number of amides is 1. The maximum Gasteiger partial charge on any atom is 0.259 e. The van der Waals surface area contributed by atoms with Gasteiger partial charge in [0.15, 0.2) is 0 Å². The van der Waals surface area contributed by atoms with Crippen LogP contribution in [-0.2, 0) is 0 Å². The van der Waals surface area contributed by atoms with Crippen LogP contribution >= 0.6 is 24.2 Å². The summed E-state index contributed by atoms with van der Waals surface area (Å²) in [5.74, 6) is -0.147. The van der Waals surface area contributed by atoms with E-state index < -0.39 is 0 Å². The molecule has 0 bridgehead atoms. The Hall–Kier alpha value is -1.45. The van der Waals surface area contributed by atoms with Gasteiger partial charge in [-0.25, -0.2) is 0 Å². The van der Waals surface area contributed by atoms with Crippen molar-refractivity contribution in [1.82, 2.24) is 0 Å². The molecule has 19 heavy (non-hydrogen) atoms. The van der Waals surface area contributed by atoms with E-state index in [0.717, 1.165) is 11.3 Å². The lowest BCUT2D eigenvalue weighted by Crippen LogP contribution is -2.26. The number of halogens is 1. The molecule has 2 aromatic carbocycles. The number of aryl methyl sites for hydroxylation is 1. The van der Waals surface area contributed by atoms with Crippen molar-refractivity contribution in [2.45, 2.75) is 11.8 Å². The molecule has 2 aromatic rings. The van der Waals surface area contributed by atoms with E-state index in [1.165, 1.54) is 0 Å². The predicted octanol–water partition coefficient (Wildman–Crippen LogP) is 4.21. The lowest BCUT2D eigenvalue weighted by atomic mass is 10.1. The number of rotatable bonds is 2. The first-order chi connectivity index (χ1) is 8.99. The molecule has 1 amide bonds. The molecule has 0 radical (unpaired) electrons. The number of hydrogen-bond donors (Lipinski definition) is 1. The van der Waals surface area contributed by atoms with E-state index in [-0.39, 0.29) is 5.91 Å². The van der Waals surface area contributed by atoms with Crippen LogP contribution in [0.2, 0.25) is 5.02 Å². The Morgan fingerprint density at radius 3 is 2.63 bits per heavy atom. The van der Waals surface area contributed by atoms with Gasteiger partial charge in [-0.3, -0.25) is 4.79 Å². The van der Waals surface area contributed by atoms with Crippen LogP contribution in [0.1, 0.15) is 15.9 Å². The highest BCUT2D eigenvalue weighted by Crippen LogP contribution is 2.23. The third-order valence-corrected chi connectivity index (χ3v) is 3.48. The molecule has 0 heterocycles. The maximum absolute atomic E-state index is 12.4. The van der Waals surface area contributed by atoms with Gasteiger partial charge < -0.3 is 4.90 Å². The second-order valence-electron chi connectivity index (χ2n) is 4.37. The van der Waals surface area contributed by atoms with Crippen molar-refractivity contribution < 1.29 is 4.79 Å². The lowest BCUT2D eigenvalue weighted by molar-refractivity contribution is 0.0993. The van der Waals surface area contributed by atoms with Crippen LogP contribution in [0.25, 0.3) is 0 Å². The third-order valence-electron chi connectivity index (χ3n) is 2.87. The Labute approximate surface area is 123 Å². The van der Waals surface area contributed by atoms with Crippen LogP contribution in [0, 0.1) is 6.92 Å². The fourth-order valence-electron chi connectivity index (χ4n) is 1.81. The van der Waals surface area contributed by atoms with Crippen molar-refractivity contribution in [2.75, 3.05) is 11.9 Å². The Morgan fingerprint density at radius 2 is 1.95 bits per heavy atom. The fraction of sp³-hybridized carbons (Fsp3) is 0.133. The topological polar surface area (TPSA) is 20.3 Å². The van der Waals surface area contributed by atoms with E-state index in [2.05, 4.69) is 12.6 Å². The van der Waals surface area contributed by atoms with E-state index in [4.69, 9.17) is 11.6 Å². The van der Waals surface area contributed by atoms with Gasteiger partial charge in [0.1, 0.15) is 0 Å². The van der Waals surface area contributed by atoms with E-state index in [9.17, 15) is 4.79 Å². The molecule has 2 nitrogen and oxygen atoms in total. The van der Waals surface area contributed by atoms with Crippen molar-refractivity contribution >= 4 is 35.8 Å². The number of carbonyl (C=O) groups is 1. The molecule has 0 N–H and O–H groups in total. The molecule has 0 aliphatic rings. The zero-order chi connectivity index (χ0) is 14.0. The van der Waals surface area contributed by atoms with Crippen LogP contribution in [-0.4, -0.2) is 13.0 Å². The first-order valence-corrected chi connectivity index (χ1v) is 6.65. The van der Waals surface area contributed by atoms with Gasteiger partial charge in [-0.2, -0.15) is 0 Å². The highest BCUT2D eigenvalue weighted by atomic mass is 35.5. The SMILES string of the molecule is Cc1cccc(N(C)C(=O)c2cc(S)ccc2Cl)c1. The van der Waals surface area contributed by atoms with E-state index in [1.54, 1.807) is 30.1 Å². The summed E-state index contributed by atoms with van der Waals surface area (Å²) in [7, 11) is 1.73. The Balaban J connectivity index is 2.36. The molecule has 2 rings (SSSR count). The molecular formula is C15H14ClNOS. The minimum atomic E-state index is -0.147. The monoisotopic (exact) mass is 291 g/mol. The summed E-state index contributed by atoms with van der Waals surface area (Å²) < 4.78 is 0. The summed E-state index contributed by atoms with van der Waals surface area (Å²) in [6, 6.07) is 12.9. The maximum atomic E-state index is 12.4. The summed E-state index contributed by atoms with van der Waals surface area (Å²) in [6.07, 6.45) is 0. The number of benzene rings is 2. The van der Waals surface area contributed by atoms with Gasteiger partial charge in [0.2, 0.25) is 0 Å². The first-order valence-electron chi connectivity index (χ1n) is 5.82. The summed E-state index contributed by atoms with van der Waals surface area (Å²) in [6.45, 7) is 1.99. The molecule has 0 saturated carbocycles. The van der Waals surface area contributed by atoms with Crippen molar-refractivity contribution in [3.8, 4) is 0 Å². The summed E-state index contributed by atoms with van der Waals surface area (Å²) in [5, 5.41) is 0.433. The van der Waals surface area contributed by atoms with Crippen molar-refractivity contribution in [1.29, 1.82) is 0 Å². The van der Waals surface area contributed by atoms with Crippen molar-refractivity contribution in [2.24, 2.45) is 0 Å². The highest BCUT2D eigenvalue weighted by molar-refractivity contribution is 7.80. The minimum absolute atomic E-state index is 0.147. The largest absolute Gasteiger partial charge is 0.311 e. The third kappa shape index (κ3) is 3.11. The Bertz CT molecular complexity index is 627. The number of anilines is 1. The highest BCUT2D eigenvalue weighted by Gasteiger charge is 2.16. The number of thiol groups is 1. The normalized spacial score (nSPS) is 10.3. The zero-order valence-electron chi connectivity index (χ0n) is 10.7. The van der Waals surface area contributed by atoms with Gasteiger partial charge in [0, 0.05) is 17.6 Å². The average molecular weight is 292 g/mol. The summed E-state index contributed by atoms with van der Waals surface area (Å²) >= 11 is 10.3. The Kier molecular flexibility index (Phi) is 4.17. The van der Waals surface area contributed by atoms with Gasteiger partial charge in [0.05, 0.1) is 10.6 Å². The molecule has 0 unspecified atom stereocenters. The molecule has 0 fully saturated rings. The summed E-state index contributed by atoms with van der Waals surface area (Å²) in [5.41, 5.74) is 2.40. The predicted molar refractivity (Wildman–Crippen MR) is 82.6 cm³/mol. The van der Waals surface area contributed by atoms with Gasteiger partial charge in [-0.05, 0) is 42.8 Å². The Morgan fingerprint density at radius 1 is 1.21 bits per heavy atom. The lowest BCUT2D eigenvalue weighted by Gasteiger charge is -2.18. The standard InChI is InChI=1S/C15H14ClNOS/c1-10-4-3-5-11(8-10)17(2)15(18)13-9-12(19)6-7-14(13)16/h3-9,19H,1-2H3. The molecular weight excluding hydrogens is 278 g/mol. The number of nitrogens with zero attached hydrogens (tertiary/aromatic N) is 1. The summed E-state index contributed by atoms with van der Waals surface area (Å²) in [4.78, 5) is 14.7. The van der Waals surface area contributed by atoms with Crippen LogP contribution in [0.4, 0.5) is 5.69 Å². The van der Waals surface area contributed by atoms with Gasteiger partial charge in [0.25, 0.3) is 5.91 Å². The number of carbonyl (C=O) groups excluding carboxylic acids is 1. The molecule has 98 valence electrons. The molecule has 0 aliphatic heterocycles. The first kappa shape index (κ1) is 14.0. The van der Waals surface area contributed by atoms with Crippen LogP contribution in [0.5, 0.6) is 0 Å². The minimum Gasteiger partial charge on any atom is -0.311 e. The molecule has 4 heteroatoms. The smallest absolute Gasteiger partial charge is 0.259 e. The molecule has 0 aromatic heterocycles. The van der Waals surface area contributed by atoms with Gasteiger partial charge in [-0.1, -0.05) is 23.7 Å². The van der Waals surface area contributed by atoms with Crippen molar-refractivity contribution in [3.63, 3.8) is 0 Å². The van der Waals surface area contributed by atoms with Gasteiger partial charge >= 0.3 is 0 Å². The molecule has 0 aliphatic carbocycles. The van der Waals surface area contributed by atoms with Crippen LogP contribution < -0.4 is 4.90 Å².